The average Bonchev–Trinajstić information content (AvgIpc) is 3.06. The fourth-order valence-corrected chi connectivity index (χ4v) is 2.95. The molecule has 2 N–H and O–H groups in total. The highest BCUT2D eigenvalue weighted by Gasteiger charge is 2.13. The number of carbonyl (C=O) groups is 1. The van der Waals surface area contributed by atoms with Crippen LogP contribution in [0.2, 0.25) is 5.02 Å². The van der Waals surface area contributed by atoms with E-state index in [1.54, 1.807) is 59.4 Å². The highest BCUT2D eigenvalue weighted by molar-refractivity contribution is 7.92. The Morgan fingerprint density at radius 2 is 1.73 bits per heavy atom. The molecule has 0 fully saturated rings. The monoisotopic (exact) mass is 390 g/mol. The molecule has 7 nitrogen and oxygen atoms in total. The third-order valence-corrected chi connectivity index (χ3v) is 4.25. The number of halogens is 1. The predicted molar refractivity (Wildman–Crippen MR) is 101 cm³/mol. The molecular weight excluding hydrogens is 376 g/mol. The van der Waals surface area contributed by atoms with Gasteiger partial charge in [0, 0.05) is 11.2 Å². The first-order valence-electron chi connectivity index (χ1n) is 7.50. The lowest BCUT2D eigenvalue weighted by Crippen LogP contribution is -2.15. The Kier molecular flexibility index (Phi) is 4.97. The molecule has 0 aliphatic rings. The number of para-hydroxylation sites is 2. The minimum absolute atomic E-state index is 0.286. The molecule has 0 spiro atoms. The second kappa shape index (κ2) is 7.19. The van der Waals surface area contributed by atoms with Crippen molar-refractivity contribution >= 4 is 38.9 Å². The molecule has 0 aliphatic heterocycles. The molecular formula is C17H15ClN4O3S. The van der Waals surface area contributed by atoms with Crippen LogP contribution in [-0.2, 0) is 10.0 Å². The Bertz CT molecular complexity index is 1050. The van der Waals surface area contributed by atoms with Crippen molar-refractivity contribution in [2.75, 3.05) is 16.3 Å². The van der Waals surface area contributed by atoms with Gasteiger partial charge in [-0.05, 0) is 36.4 Å². The number of rotatable bonds is 5. The van der Waals surface area contributed by atoms with Crippen LogP contribution in [0.15, 0.2) is 60.9 Å². The van der Waals surface area contributed by atoms with Crippen LogP contribution in [0.25, 0.3) is 5.69 Å². The minimum atomic E-state index is -3.46. The summed E-state index contributed by atoms with van der Waals surface area (Å²) in [4.78, 5) is 12.5. The first kappa shape index (κ1) is 18.0. The van der Waals surface area contributed by atoms with E-state index >= 15 is 0 Å². The summed E-state index contributed by atoms with van der Waals surface area (Å²) in [6.45, 7) is 0. The lowest BCUT2D eigenvalue weighted by Gasteiger charge is -2.11. The van der Waals surface area contributed by atoms with Crippen LogP contribution in [0.5, 0.6) is 0 Å². The SMILES string of the molecule is CS(=O)(=O)Nc1ccccc1NC(=O)c1cnn(-c2ccc(Cl)cc2)c1. The Balaban J connectivity index is 1.80. The van der Waals surface area contributed by atoms with E-state index in [-0.39, 0.29) is 5.69 Å². The van der Waals surface area contributed by atoms with E-state index in [9.17, 15) is 13.2 Å². The Labute approximate surface area is 155 Å². The van der Waals surface area contributed by atoms with Gasteiger partial charge in [-0.25, -0.2) is 13.1 Å². The number of anilines is 2. The van der Waals surface area contributed by atoms with Crippen molar-refractivity contribution in [1.29, 1.82) is 0 Å². The van der Waals surface area contributed by atoms with E-state index in [1.807, 2.05) is 0 Å². The molecule has 3 rings (SSSR count). The molecule has 134 valence electrons. The van der Waals surface area contributed by atoms with E-state index in [0.717, 1.165) is 11.9 Å². The van der Waals surface area contributed by atoms with Gasteiger partial charge in [0.15, 0.2) is 0 Å². The molecule has 9 heteroatoms. The largest absolute Gasteiger partial charge is 0.320 e. The van der Waals surface area contributed by atoms with Crippen molar-refractivity contribution in [3.8, 4) is 5.69 Å². The van der Waals surface area contributed by atoms with E-state index in [4.69, 9.17) is 11.6 Å². The van der Waals surface area contributed by atoms with Crippen LogP contribution >= 0.6 is 11.6 Å². The molecule has 0 atom stereocenters. The summed E-state index contributed by atoms with van der Waals surface area (Å²) in [5, 5.41) is 7.45. The number of amides is 1. The Morgan fingerprint density at radius 1 is 1.08 bits per heavy atom. The molecule has 2 aromatic carbocycles. The quantitative estimate of drug-likeness (QED) is 0.699. The topological polar surface area (TPSA) is 93.1 Å². The standard InChI is InChI=1S/C17H15ClN4O3S/c1-26(24,25)21-16-5-3-2-4-15(16)20-17(23)12-10-19-22(11-12)14-8-6-13(18)7-9-14/h2-11,21H,1H3,(H,20,23). The minimum Gasteiger partial charge on any atom is -0.320 e. The number of sulfonamides is 1. The van der Waals surface area contributed by atoms with Gasteiger partial charge in [0.2, 0.25) is 10.0 Å². The molecule has 0 aliphatic carbocycles. The van der Waals surface area contributed by atoms with Crippen molar-refractivity contribution in [1.82, 2.24) is 9.78 Å². The molecule has 0 unspecified atom stereocenters. The normalized spacial score (nSPS) is 11.2. The first-order chi connectivity index (χ1) is 12.3. The van der Waals surface area contributed by atoms with Crippen molar-refractivity contribution in [2.45, 2.75) is 0 Å². The van der Waals surface area contributed by atoms with Crippen molar-refractivity contribution in [2.24, 2.45) is 0 Å². The lowest BCUT2D eigenvalue weighted by atomic mass is 10.2. The molecule has 0 radical (unpaired) electrons. The number of aromatic nitrogens is 2. The van der Waals surface area contributed by atoms with Crippen LogP contribution in [0.4, 0.5) is 11.4 Å². The number of nitrogens with one attached hydrogen (secondary N) is 2. The number of hydrogen-bond donors (Lipinski definition) is 2. The molecule has 26 heavy (non-hydrogen) atoms. The molecule has 0 saturated heterocycles. The summed E-state index contributed by atoms with van der Waals surface area (Å²) in [6.07, 6.45) is 4.05. The van der Waals surface area contributed by atoms with Gasteiger partial charge in [-0.2, -0.15) is 5.10 Å². The van der Waals surface area contributed by atoms with Crippen LogP contribution in [0.3, 0.4) is 0 Å². The highest BCUT2D eigenvalue weighted by atomic mass is 35.5. The summed E-state index contributed by atoms with van der Waals surface area (Å²) in [6, 6.07) is 13.5. The van der Waals surface area contributed by atoms with Crippen molar-refractivity contribution in [3.63, 3.8) is 0 Å². The van der Waals surface area contributed by atoms with Gasteiger partial charge in [0.05, 0.1) is 35.1 Å². The van der Waals surface area contributed by atoms with E-state index in [2.05, 4.69) is 15.1 Å². The molecule has 0 bridgehead atoms. The van der Waals surface area contributed by atoms with Gasteiger partial charge in [-0.15, -0.1) is 0 Å². The van der Waals surface area contributed by atoms with E-state index in [1.165, 1.54) is 6.20 Å². The summed E-state index contributed by atoms with van der Waals surface area (Å²) < 4.78 is 26.8. The average molecular weight is 391 g/mol. The van der Waals surface area contributed by atoms with Gasteiger partial charge in [-0.3, -0.25) is 9.52 Å². The van der Waals surface area contributed by atoms with Crippen LogP contribution in [0, 0.1) is 0 Å². The molecule has 1 amide bonds. The number of hydrogen-bond acceptors (Lipinski definition) is 4. The van der Waals surface area contributed by atoms with E-state index in [0.29, 0.717) is 16.3 Å². The zero-order valence-electron chi connectivity index (χ0n) is 13.7. The zero-order chi connectivity index (χ0) is 18.7. The Morgan fingerprint density at radius 3 is 2.38 bits per heavy atom. The molecule has 0 saturated carbocycles. The zero-order valence-corrected chi connectivity index (χ0v) is 15.3. The molecule has 1 heterocycles. The third-order valence-electron chi connectivity index (χ3n) is 3.41. The van der Waals surface area contributed by atoms with Crippen molar-refractivity contribution < 1.29 is 13.2 Å². The summed E-state index contributed by atoms with van der Waals surface area (Å²) in [7, 11) is -3.46. The summed E-state index contributed by atoms with van der Waals surface area (Å²) in [5.41, 5.74) is 1.72. The fourth-order valence-electron chi connectivity index (χ4n) is 2.25. The second-order valence-electron chi connectivity index (χ2n) is 5.52. The molecule has 3 aromatic rings. The van der Waals surface area contributed by atoms with Crippen LogP contribution in [0.1, 0.15) is 10.4 Å². The van der Waals surface area contributed by atoms with Gasteiger partial charge in [0.25, 0.3) is 5.91 Å². The third kappa shape index (κ3) is 4.41. The maximum atomic E-state index is 12.5. The fraction of sp³-hybridized carbons (Fsp3) is 0.0588. The van der Waals surface area contributed by atoms with Gasteiger partial charge in [0.1, 0.15) is 0 Å². The van der Waals surface area contributed by atoms with Crippen LogP contribution in [-0.4, -0.2) is 30.4 Å². The summed E-state index contributed by atoms with van der Waals surface area (Å²) in [5.74, 6) is -0.409. The number of carbonyl (C=O) groups excluding carboxylic acids is 1. The summed E-state index contributed by atoms with van der Waals surface area (Å²) >= 11 is 5.86. The van der Waals surface area contributed by atoms with Gasteiger partial charge >= 0.3 is 0 Å². The lowest BCUT2D eigenvalue weighted by molar-refractivity contribution is 0.102. The van der Waals surface area contributed by atoms with Gasteiger partial charge < -0.3 is 5.32 Å². The maximum absolute atomic E-state index is 12.5. The number of benzene rings is 2. The Hall–Kier alpha value is -2.84. The number of nitrogens with zero attached hydrogens (tertiary/aromatic N) is 2. The van der Waals surface area contributed by atoms with Crippen LogP contribution < -0.4 is 10.0 Å². The van der Waals surface area contributed by atoms with Gasteiger partial charge in [-0.1, -0.05) is 23.7 Å². The highest BCUT2D eigenvalue weighted by Crippen LogP contribution is 2.23. The smallest absolute Gasteiger partial charge is 0.258 e. The first-order valence-corrected chi connectivity index (χ1v) is 9.77. The van der Waals surface area contributed by atoms with Crippen molar-refractivity contribution in [3.05, 3.63) is 71.5 Å². The predicted octanol–water partition coefficient (Wildman–Crippen LogP) is 3.15. The second-order valence-corrected chi connectivity index (χ2v) is 7.71. The molecule has 1 aromatic heterocycles. The maximum Gasteiger partial charge on any atom is 0.258 e. The van der Waals surface area contributed by atoms with E-state index < -0.39 is 15.9 Å².